The van der Waals surface area contributed by atoms with Gasteiger partial charge >= 0.3 is 0 Å². The zero-order chi connectivity index (χ0) is 16.9. The van der Waals surface area contributed by atoms with Crippen molar-refractivity contribution >= 4 is 17.7 Å². The normalized spacial score (nSPS) is 22.5. The van der Waals surface area contributed by atoms with Crippen molar-refractivity contribution in [2.75, 3.05) is 14.2 Å². The predicted octanol–water partition coefficient (Wildman–Crippen LogP) is -0.277. The Bertz CT molecular complexity index is 464. The van der Waals surface area contributed by atoms with Crippen LogP contribution in [0.4, 0.5) is 0 Å². The molecule has 4 atom stereocenters. The van der Waals surface area contributed by atoms with Crippen LogP contribution < -0.4 is 16.0 Å². The molecular formula is C15H25N3O4. The van der Waals surface area contributed by atoms with Gasteiger partial charge in [0.1, 0.15) is 6.04 Å². The van der Waals surface area contributed by atoms with E-state index in [1.807, 2.05) is 20.9 Å². The summed E-state index contributed by atoms with van der Waals surface area (Å²) in [5, 5.41) is 7.93. The highest BCUT2D eigenvalue weighted by molar-refractivity contribution is 6.03. The minimum Gasteiger partial charge on any atom is -0.376 e. The average molecular weight is 311 g/mol. The van der Waals surface area contributed by atoms with Crippen LogP contribution in [0, 0.1) is 5.92 Å². The summed E-state index contributed by atoms with van der Waals surface area (Å²) in [6.07, 6.45) is 0.0455. The Labute approximate surface area is 130 Å². The van der Waals surface area contributed by atoms with Gasteiger partial charge in [-0.25, -0.2) is 0 Å². The second-order valence-corrected chi connectivity index (χ2v) is 5.60. The van der Waals surface area contributed by atoms with E-state index < -0.39 is 24.0 Å². The van der Waals surface area contributed by atoms with Crippen LogP contribution in [0.5, 0.6) is 0 Å². The highest BCUT2D eigenvalue weighted by atomic mass is 16.5. The molecule has 1 aliphatic heterocycles. The van der Waals surface area contributed by atoms with Crippen molar-refractivity contribution in [1.29, 1.82) is 0 Å². The van der Waals surface area contributed by atoms with E-state index in [0.29, 0.717) is 6.42 Å². The number of carbonyl (C=O) groups is 3. The summed E-state index contributed by atoms with van der Waals surface area (Å²) in [6.45, 7) is 7.75. The molecule has 0 aromatic heterocycles. The molecule has 1 saturated heterocycles. The van der Waals surface area contributed by atoms with E-state index in [9.17, 15) is 14.4 Å². The van der Waals surface area contributed by atoms with Crippen molar-refractivity contribution in [2.45, 2.75) is 44.9 Å². The number of hydrogen-bond donors (Lipinski definition) is 3. The molecule has 0 aromatic carbocycles. The lowest BCUT2D eigenvalue weighted by Gasteiger charge is -2.29. The molecule has 0 spiro atoms. The number of imide groups is 1. The molecule has 22 heavy (non-hydrogen) atoms. The first-order chi connectivity index (χ1) is 10.3. The molecule has 0 aromatic rings. The lowest BCUT2D eigenvalue weighted by molar-refractivity contribution is -0.136. The van der Waals surface area contributed by atoms with Crippen molar-refractivity contribution in [3.63, 3.8) is 0 Å². The Morgan fingerprint density at radius 1 is 1.41 bits per heavy atom. The number of hydrogen-bond acceptors (Lipinski definition) is 5. The van der Waals surface area contributed by atoms with Gasteiger partial charge in [0.25, 0.3) is 0 Å². The number of nitrogens with one attached hydrogen (secondary N) is 3. The van der Waals surface area contributed by atoms with Gasteiger partial charge in [0.2, 0.25) is 17.7 Å². The maximum absolute atomic E-state index is 12.3. The second-order valence-electron chi connectivity index (χ2n) is 5.60. The SMILES string of the molecule is C=C(C(=O)NC1CCC(=O)NC1=O)C(OC)[C@H](C)C(C)NC. The zero-order valence-corrected chi connectivity index (χ0v) is 13.6. The Hall–Kier alpha value is -1.73. The molecule has 0 saturated carbocycles. The van der Waals surface area contributed by atoms with E-state index in [0.717, 1.165) is 0 Å². The lowest BCUT2D eigenvalue weighted by Crippen LogP contribution is -2.53. The fraction of sp³-hybridized carbons (Fsp3) is 0.667. The Kier molecular flexibility index (Phi) is 6.70. The minimum atomic E-state index is -0.712. The van der Waals surface area contributed by atoms with E-state index >= 15 is 0 Å². The van der Waals surface area contributed by atoms with Gasteiger partial charge in [-0.3, -0.25) is 19.7 Å². The van der Waals surface area contributed by atoms with Gasteiger partial charge in [0, 0.05) is 31.1 Å². The third kappa shape index (κ3) is 4.38. The van der Waals surface area contributed by atoms with E-state index in [-0.39, 0.29) is 29.9 Å². The van der Waals surface area contributed by atoms with Crippen molar-refractivity contribution in [1.82, 2.24) is 16.0 Å². The smallest absolute Gasteiger partial charge is 0.249 e. The molecule has 1 fully saturated rings. The topological polar surface area (TPSA) is 96.5 Å². The van der Waals surface area contributed by atoms with Gasteiger partial charge in [-0.15, -0.1) is 0 Å². The summed E-state index contributed by atoms with van der Waals surface area (Å²) >= 11 is 0. The molecule has 7 nitrogen and oxygen atoms in total. The van der Waals surface area contributed by atoms with Crippen LogP contribution in [-0.4, -0.2) is 50.1 Å². The molecule has 0 radical (unpaired) electrons. The van der Waals surface area contributed by atoms with Crippen LogP contribution in [-0.2, 0) is 19.1 Å². The van der Waals surface area contributed by atoms with Crippen LogP contribution in [0.3, 0.4) is 0 Å². The van der Waals surface area contributed by atoms with Gasteiger partial charge < -0.3 is 15.4 Å². The van der Waals surface area contributed by atoms with Crippen molar-refractivity contribution in [2.24, 2.45) is 5.92 Å². The highest BCUT2D eigenvalue weighted by Gasteiger charge is 2.32. The molecular weight excluding hydrogens is 286 g/mol. The van der Waals surface area contributed by atoms with Crippen LogP contribution in [0.25, 0.3) is 0 Å². The zero-order valence-electron chi connectivity index (χ0n) is 13.6. The van der Waals surface area contributed by atoms with Crippen LogP contribution in [0.2, 0.25) is 0 Å². The quantitative estimate of drug-likeness (QED) is 0.444. The maximum Gasteiger partial charge on any atom is 0.249 e. The summed E-state index contributed by atoms with van der Waals surface area (Å²) in [7, 11) is 3.36. The fourth-order valence-electron chi connectivity index (χ4n) is 2.41. The Morgan fingerprint density at radius 3 is 2.55 bits per heavy atom. The first kappa shape index (κ1) is 18.3. The van der Waals surface area contributed by atoms with Crippen LogP contribution in [0.15, 0.2) is 12.2 Å². The van der Waals surface area contributed by atoms with E-state index in [4.69, 9.17) is 4.74 Å². The molecule has 1 rings (SSSR count). The Balaban J connectivity index is 2.68. The third-order valence-electron chi connectivity index (χ3n) is 4.16. The predicted molar refractivity (Wildman–Crippen MR) is 81.9 cm³/mol. The number of piperidine rings is 1. The van der Waals surface area contributed by atoms with Crippen molar-refractivity contribution < 1.29 is 19.1 Å². The average Bonchev–Trinajstić information content (AvgIpc) is 2.49. The van der Waals surface area contributed by atoms with Crippen molar-refractivity contribution in [3.05, 3.63) is 12.2 Å². The molecule has 0 bridgehead atoms. The first-order valence-electron chi connectivity index (χ1n) is 7.35. The van der Waals surface area contributed by atoms with E-state index in [1.54, 1.807) is 0 Å². The Morgan fingerprint density at radius 2 is 2.05 bits per heavy atom. The van der Waals surface area contributed by atoms with E-state index in [2.05, 4.69) is 22.5 Å². The monoisotopic (exact) mass is 311 g/mol. The first-order valence-corrected chi connectivity index (χ1v) is 7.35. The summed E-state index contributed by atoms with van der Waals surface area (Å²) < 4.78 is 5.40. The summed E-state index contributed by atoms with van der Waals surface area (Å²) in [6, 6.07) is -0.582. The van der Waals surface area contributed by atoms with Crippen LogP contribution in [0.1, 0.15) is 26.7 Å². The maximum atomic E-state index is 12.3. The molecule has 1 aliphatic rings. The van der Waals surface area contributed by atoms with Crippen LogP contribution >= 0.6 is 0 Å². The molecule has 124 valence electrons. The molecule has 1 heterocycles. The second kappa shape index (κ2) is 8.05. The summed E-state index contributed by atoms with van der Waals surface area (Å²) in [4.78, 5) is 35.1. The fourth-order valence-corrected chi connectivity index (χ4v) is 2.41. The largest absolute Gasteiger partial charge is 0.376 e. The number of rotatable bonds is 7. The molecule has 0 aliphatic carbocycles. The summed E-state index contributed by atoms with van der Waals surface area (Å²) in [5.74, 6) is -1.21. The molecule has 3 N–H and O–H groups in total. The number of amides is 3. The number of carbonyl (C=O) groups excluding carboxylic acids is 3. The molecule has 7 heteroatoms. The minimum absolute atomic E-state index is 0.0232. The lowest BCUT2D eigenvalue weighted by atomic mass is 9.91. The van der Waals surface area contributed by atoms with Gasteiger partial charge in [-0.2, -0.15) is 0 Å². The summed E-state index contributed by atoms with van der Waals surface area (Å²) in [5.41, 5.74) is 0.266. The molecule has 3 unspecified atom stereocenters. The third-order valence-corrected chi connectivity index (χ3v) is 4.16. The van der Waals surface area contributed by atoms with Crippen molar-refractivity contribution in [3.8, 4) is 0 Å². The highest BCUT2D eigenvalue weighted by Crippen LogP contribution is 2.19. The molecule has 3 amide bonds. The van der Waals surface area contributed by atoms with Gasteiger partial charge in [-0.1, -0.05) is 13.5 Å². The van der Waals surface area contributed by atoms with Gasteiger partial charge in [-0.05, 0) is 20.4 Å². The van der Waals surface area contributed by atoms with E-state index in [1.165, 1.54) is 7.11 Å². The van der Waals surface area contributed by atoms with Gasteiger partial charge in [0.15, 0.2) is 0 Å². The van der Waals surface area contributed by atoms with Gasteiger partial charge in [0.05, 0.1) is 6.10 Å². The standard InChI is InChI=1S/C15H25N3O4/c1-8(10(3)16-4)13(22-5)9(2)14(20)17-11-6-7-12(19)18-15(11)21/h8,10-11,13,16H,2,6-7H2,1,3-5H3,(H,17,20)(H,18,19,21)/t8-,10?,11?,13?/m1/s1. The number of ether oxygens (including phenoxy) is 1. The number of methoxy groups -OCH3 is 1.